The van der Waals surface area contributed by atoms with Gasteiger partial charge in [-0.3, -0.25) is 0 Å². The third-order valence-electron chi connectivity index (χ3n) is 3.97. The third-order valence-corrected chi connectivity index (χ3v) is 3.97. The van der Waals surface area contributed by atoms with Crippen molar-refractivity contribution in [2.75, 3.05) is 0 Å². The molecular formula is C16H24O2. The number of aryl methyl sites for hydroxylation is 1. The molecule has 18 heavy (non-hydrogen) atoms. The highest BCUT2D eigenvalue weighted by Gasteiger charge is 2.29. The maximum Gasteiger partial charge on any atom is 0.123 e. The molecule has 3 unspecified atom stereocenters. The first-order chi connectivity index (χ1) is 8.47. The molecule has 2 nitrogen and oxygen atoms in total. The lowest BCUT2D eigenvalue weighted by atomic mass is 9.85. The van der Waals surface area contributed by atoms with E-state index in [1.165, 1.54) is 11.1 Å². The van der Waals surface area contributed by atoms with E-state index in [1.807, 2.05) is 6.92 Å². The first-order valence-electron chi connectivity index (χ1n) is 6.91. The monoisotopic (exact) mass is 248 g/mol. The van der Waals surface area contributed by atoms with Gasteiger partial charge in [0.05, 0.1) is 6.10 Å². The highest BCUT2D eigenvalue weighted by molar-refractivity contribution is 5.40. The maximum absolute atomic E-state index is 9.85. The van der Waals surface area contributed by atoms with Crippen molar-refractivity contribution in [2.45, 2.75) is 52.7 Å². The van der Waals surface area contributed by atoms with Gasteiger partial charge in [-0.1, -0.05) is 31.5 Å². The molecule has 1 aromatic rings. The number of aliphatic hydroxyl groups excluding tert-OH is 1. The molecule has 0 aromatic heterocycles. The Kier molecular flexibility index (Phi) is 3.96. The number of fused-ring (bicyclic) bond motifs is 1. The average Bonchev–Trinajstić information content (AvgIpc) is 2.66. The van der Waals surface area contributed by atoms with Crippen LogP contribution in [0.15, 0.2) is 18.2 Å². The van der Waals surface area contributed by atoms with Gasteiger partial charge >= 0.3 is 0 Å². The van der Waals surface area contributed by atoms with Crippen molar-refractivity contribution in [2.24, 2.45) is 11.8 Å². The summed E-state index contributed by atoms with van der Waals surface area (Å²) in [6, 6.07) is 6.37. The number of rotatable bonds is 4. The molecule has 0 aliphatic carbocycles. The minimum Gasteiger partial charge on any atom is -0.490 e. The second-order valence-corrected chi connectivity index (χ2v) is 5.94. The lowest BCUT2D eigenvalue weighted by Gasteiger charge is -2.26. The summed E-state index contributed by atoms with van der Waals surface area (Å²) in [5, 5.41) is 9.85. The lowest BCUT2D eigenvalue weighted by Crippen LogP contribution is -2.29. The van der Waals surface area contributed by atoms with E-state index in [0.29, 0.717) is 11.8 Å². The minimum absolute atomic E-state index is 0.226. The van der Waals surface area contributed by atoms with E-state index < -0.39 is 0 Å². The first-order valence-corrected chi connectivity index (χ1v) is 6.91. The Morgan fingerprint density at radius 3 is 2.67 bits per heavy atom. The van der Waals surface area contributed by atoms with E-state index >= 15 is 0 Å². The van der Waals surface area contributed by atoms with Crippen molar-refractivity contribution in [1.29, 1.82) is 0 Å². The molecule has 0 saturated heterocycles. The van der Waals surface area contributed by atoms with Crippen molar-refractivity contribution in [3.8, 4) is 5.75 Å². The number of ether oxygens (including phenoxy) is 1. The molecule has 1 aromatic carbocycles. The largest absolute Gasteiger partial charge is 0.490 e. The maximum atomic E-state index is 9.85. The van der Waals surface area contributed by atoms with Crippen molar-refractivity contribution < 1.29 is 9.84 Å². The van der Waals surface area contributed by atoms with E-state index in [4.69, 9.17) is 4.74 Å². The quantitative estimate of drug-likeness (QED) is 0.885. The van der Waals surface area contributed by atoms with E-state index in [0.717, 1.165) is 18.6 Å². The Balaban J connectivity index is 2.02. The molecule has 0 amide bonds. The molecule has 3 atom stereocenters. The average molecular weight is 248 g/mol. The van der Waals surface area contributed by atoms with Crippen LogP contribution in [-0.4, -0.2) is 17.3 Å². The first kappa shape index (κ1) is 13.4. The Morgan fingerprint density at radius 2 is 2.06 bits per heavy atom. The van der Waals surface area contributed by atoms with Crippen LogP contribution in [0.25, 0.3) is 0 Å². The van der Waals surface area contributed by atoms with Crippen LogP contribution in [0.4, 0.5) is 0 Å². The van der Waals surface area contributed by atoms with E-state index in [9.17, 15) is 5.11 Å². The molecule has 1 N–H and O–H groups in total. The van der Waals surface area contributed by atoms with Crippen LogP contribution < -0.4 is 4.74 Å². The number of hydrogen-bond donors (Lipinski definition) is 1. The summed E-state index contributed by atoms with van der Waals surface area (Å²) < 4.78 is 5.98. The Morgan fingerprint density at radius 1 is 1.33 bits per heavy atom. The Bertz CT molecular complexity index is 402. The van der Waals surface area contributed by atoms with Crippen LogP contribution in [0.2, 0.25) is 0 Å². The standard InChI is InChI=1S/C16H24O2/c1-10(2)15(12(4)17)9-14-8-13-7-11(3)5-6-16(13)18-14/h5-7,10,12,14-15,17H,8-9H2,1-4H3. The summed E-state index contributed by atoms with van der Waals surface area (Å²) in [6.45, 7) is 8.34. The molecule has 100 valence electrons. The Labute approximate surface area is 110 Å². The Hall–Kier alpha value is -1.02. The second kappa shape index (κ2) is 5.31. The van der Waals surface area contributed by atoms with Gasteiger partial charge in [-0.15, -0.1) is 0 Å². The van der Waals surface area contributed by atoms with Crippen LogP contribution in [0, 0.1) is 18.8 Å². The van der Waals surface area contributed by atoms with Gasteiger partial charge in [0, 0.05) is 6.42 Å². The second-order valence-electron chi connectivity index (χ2n) is 5.94. The summed E-state index contributed by atoms with van der Waals surface area (Å²) in [5.41, 5.74) is 2.60. The third kappa shape index (κ3) is 2.86. The highest BCUT2D eigenvalue weighted by Crippen LogP contribution is 2.33. The summed E-state index contributed by atoms with van der Waals surface area (Å²) >= 11 is 0. The van der Waals surface area contributed by atoms with Crippen LogP contribution in [0.1, 0.15) is 38.3 Å². The van der Waals surface area contributed by atoms with Crippen LogP contribution in [0.5, 0.6) is 5.75 Å². The molecule has 2 heteroatoms. The van der Waals surface area contributed by atoms with Gasteiger partial charge in [-0.25, -0.2) is 0 Å². The topological polar surface area (TPSA) is 29.5 Å². The van der Waals surface area contributed by atoms with Crippen molar-refractivity contribution in [3.63, 3.8) is 0 Å². The highest BCUT2D eigenvalue weighted by atomic mass is 16.5. The fourth-order valence-electron chi connectivity index (χ4n) is 2.91. The summed E-state index contributed by atoms with van der Waals surface area (Å²) in [5.74, 6) is 1.82. The molecule has 0 saturated carbocycles. The van der Waals surface area contributed by atoms with Crippen molar-refractivity contribution >= 4 is 0 Å². The molecule has 1 heterocycles. The predicted octanol–water partition coefficient (Wildman–Crippen LogP) is 3.34. The number of aliphatic hydroxyl groups is 1. The van der Waals surface area contributed by atoms with E-state index in [2.05, 4.69) is 39.0 Å². The van der Waals surface area contributed by atoms with Gasteiger partial charge in [-0.05, 0) is 43.7 Å². The van der Waals surface area contributed by atoms with Crippen LogP contribution >= 0.6 is 0 Å². The van der Waals surface area contributed by atoms with Gasteiger partial charge in [0.2, 0.25) is 0 Å². The van der Waals surface area contributed by atoms with Gasteiger partial charge in [0.1, 0.15) is 11.9 Å². The molecule has 0 bridgehead atoms. The minimum atomic E-state index is -0.265. The zero-order chi connectivity index (χ0) is 13.3. The van der Waals surface area contributed by atoms with Crippen LogP contribution in [0.3, 0.4) is 0 Å². The summed E-state index contributed by atoms with van der Waals surface area (Å²) in [4.78, 5) is 0. The SMILES string of the molecule is Cc1ccc2c(c1)CC(CC(C(C)C)C(C)O)O2. The van der Waals surface area contributed by atoms with Gasteiger partial charge in [0.15, 0.2) is 0 Å². The summed E-state index contributed by atoms with van der Waals surface area (Å²) in [7, 11) is 0. The molecule has 1 aliphatic heterocycles. The van der Waals surface area contributed by atoms with E-state index in [-0.39, 0.29) is 12.2 Å². The molecular weight excluding hydrogens is 224 g/mol. The van der Waals surface area contributed by atoms with Gasteiger partial charge in [-0.2, -0.15) is 0 Å². The number of benzene rings is 1. The summed E-state index contributed by atoms with van der Waals surface area (Å²) in [6.07, 6.45) is 1.87. The molecule has 0 fully saturated rings. The van der Waals surface area contributed by atoms with Gasteiger partial charge < -0.3 is 9.84 Å². The van der Waals surface area contributed by atoms with Crippen molar-refractivity contribution in [1.82, 2.24) is 0 Å². The normalized spacial score (nSPS) is 21.6. The number of hydrogen-bond acceptors (Lipinski definition) is 2. The van der Waals surface area contributed by atoms with Crippen LogP contribution in [-0.2, 0) is 6.42 Å². The molecule has 0 spiro atoms. The fourth-order valence-corrected chi connectivity index (χ4v) is 2.91. The van der Waals surface area contributed by atoms with Gasteiger partial charge in [0.25, 0.3) is 0 Å². The lowest BCUT2D eigenvalue weighted by molar-refractivity contribution is 0.0633. The zero-order valence-corrected chi connectivity index (χ0v) is 11.8. The van der Waals surface area contributed by atoms with E-state index in [1.54, 1.807) is 0 Å². The molecule has 2 rings (SSSR count). The fraction of sp³-hybridized carbons (Fsp3) is 0.625. The zero-order valence-electron chi connectivity index (χ0n) is 11.8. The smallest absolute Gasteiger partial charge is 0.123 e. The van der Waals surface area contributed by atoms with Crippen molar-refractivity contribution in [3.05, 3.63) is 29.3 Å². The molecule has 0 radical (unpaired) electrons. The predicted molar refractivity (Wildman–Crippen MR) is 73.9 cm³/mol. The molecule has 1 aliphatic rings.